The minimum absolute atomic E-state index is 0.750. The van der Waals surface area contributed by atoms with Crippen LogP contribution in [0, 0.1) is 12.8 Å². The number of nitrogens with zero attached hydrogens (tertiary/aromatic N) is 1. The Balaban J connectivity index is 1.89. The van der Waals surface area contributed by atoms with Crippen LogP contribution in [0.15, 0.2) is 18.2 Å². The molecule has 2 fully saturated rings. The first-order chi connectivity index (χ1) is 8.79. The summed E-state index contributed by atoms with van der Waals surface area (Å²) >= 11 is 0. The van der Waals surface area contributed by atoms with Gasteiger partial charge in [0.05, 0.1) is 0 Å². The van der Waals surface area contributed by atoms with Crippen LogP contribution in [-0.4, -0.2) is 18.9 Å². The monoisotopic (exact) mass is 243 g/mol. The fourth-order valence-electron chi connectivity index (χ4n) is 3.75. The first-order valence-electron chi connectivity index (χ1n) is 7.12. The zero-order chi connectivity index (χ0) is 12.5. The van der Waals surface area contributed by atoms with Crippen molar-refractivity contribution in [3.05, 3.63) is 29.3 Å². The number of hydrogen-bond donors (Lipinski definition) is 0. The summed E-state index contributed by atoms with van der Waals surface area (Å²) < 4.78 is 0. The van der Waals surface area contributed by atoms with Gasteiger partial charge in [-0.1, -0.05) is 6.42 Å². The van der Waals surface area contributed by atoms with E-state index in [0.29, 0.717) is 0 Å². The number of anilines is 1. The highest BCUT2D eigenvalue weighted by Crippen LogP contribution is 2.39. The number of rotatable bonds is 2. The van der Waals surface area contributed by atoms with Crippen LogP contribution in [0.5, 0.6) is 0 Å². The molecule has 1 aromatic carbocycles. The standard InChI is InChI=1S/C16H21NO/c1-12-10-15(8-7-14(12)11-18)17-9-3-5-13-4-2-6-16(13)17/h7-8,10-11,13,16H,2-6,9H2,1H3. The van der Waals surface area contributed by atoms with E-state index in [2.05, 4.69) is 17.0 Å². The number of fused-ring (bicyclic) bond motifs is 1. The summed E-state index contributed by atoms with van der Waals surface area (Å²) in [4.78, 5) is 13.5. The van der Waals surface area contributed by atoms with Crippen molar-refractivity contribution in [2.24, 2.45) is 5.92 Å². The van der Waals surface area contributed by atoms with Crippen LogP contribution in [0.4, 0.5) is 5.69 Å². The molecule has 2 atom stereocenters. The summed E-state index contributed by atoms with van der Waals surface area (Å²) in [5, 5.41) is 0. The van der Waals surface area contributed by atoms with Gasteiger partial charge in [-0.3, -0.25) is 4.79 Å². The maximum Gasteiger partial charge on any atom is 0.150 e. The lowest BCUT2D eigenvalue weighted by Crippen LogP contribution is -2.42. The number of carbonyl (C=O) groups excluding carboxylic acids is 1. The molecule has 1 saturated carbocycles. The maximum atomic E-state index is 10.9. The Morgan fingerprint density at radius 1 is 1.22 bits per heavy atom. The average Bonchev–Trinajstić information content (AvgIpc) is 2.86. The molecule has 3 rings (SSSR count). The Morgan fingerprint density at radius 3 is 2.83 bits per heavy atom. The van der Waals surface area contributed by atoms with Gasteiger partial charge in [-0.05, 0) is 62.3 Å². The first-order valence-corrected chi connectivity index (χ1v) is 7.12. The molecule has 18 heavy (non-hydrogen) atoms. The van der Waals surface area contributed by atoms with Crippen LogP contribution in [-0.2, 0) is 0 Å². The molecular formula is C16H21NO. The van der Waals surface area contributed by atoms with Gasteiger partial charge in [0.25, 0.3) is 0 Å². The van der Waals surface area contributed by atoms with Gasteiger partial charge in [-0.2, -0.15) is 0 Å². The predicted octanol–water partition coefficient (Wildman–Crippen LogP) is 3.58. The van der Waals surface area contributed by atoms with E-state index in [4.69, 9.17) is 0 Å². The van der Waals surface area contributed by atoms with Crippen LogP contribution < -0.4 is 4.90 Å². The molecule has 96 valence electrons. The Kier molecular flexibility index (Phi) is 3.11. The number of aryl methyl sites for hydroxylation is 1. The second-order valence-electron chi connectivity index (χ2n) is 5.75. The molecule has 0 spiro atoms. The molecule has 0 aromatic heterocycles. The molecule has 0 bridgehead atoms. The van der Waals surface area contributed by atoms with Gasteiger partial charge < -0.3 is 4.90 Å². The first kappa shape index (κ1) is 11.8. The number of benzene rings is 1. The third-order valence-electron chi connectivity index (χ3n) is 4.71. The Hall–Kier alpha value is -1.31. The normalized spacial score (nSPS) is 27.1. The lowest BCUT2D eigenvalue weighted by atomic mass is 9.91. The van der Waals surface area contributed by atoms with E-state index >= 15 is 0 Å². The van der Waals surface area contributed by atoms with Gasteiger partial charge in [-0.25, -0.2) is 0 Å². The molecule has 0 N–H and O–H groups in total. The van der Waals surface area contributed by atoms with E-state index in [9.17, 15) is 4.79 Å². The third kappa shape index (κ3) is 1.94. The zero-order valence-electron chi connectivity index (χ0n) is 11.1. The highest BCUT2D eigenvalue weighted by atomic mass is 16.1. The Labute approximate surface area is 109 Å². The van der Waals surface area contributed by atoms with Gasteiger partial charge in [0, 0.05) is 23.8 Å². The number of hydrogen-bond acceptors (Lipinski definition) is 2. The largest absolute Gasteiger partial charge is 0.368 e. The lowest BCUT2D eigenvalue weighted by Gasteiger charge is -2.39. The number of aldehydes is 1. The van der Waals surface area contributed by atoms with E-state index in [1.54, 1.807) is 0 Å². The summed E-state index contributed by atoms with van der Waals surface area (Å²) in [6.45, 7) is 3.21. The van der Waals surface area contributed by atoms with Crippen molar-refractivity contribution in [1.29, 1.82) is 0 Å². The van der Waals surface area contributed by atoms with Crippen molar-refractivity contribution in [2.75, 3.05) is 11.4 Å². The molecule has 1 saturated heterocycles. The molecular weight excluding hydrogens is 222 g/mol. The Morgan fingerprint density at radius 2 is 2.06 bits per heavy atom. The van der Waals surface area contributed by atoms with Gasteiger partial charge in [0.15, 0.2) is 0 Å². The molecule has 1 heterocycles. The molecule has 2 aliphatic rings. The fourth-order valence-corrected chi connectivity index (χ4v) is 3.75. The van der Waals surface area contributed by atoms with E-state index in [0.717, 1.165) is 29.4 Å². The van der Waals surface area contributed by atoms with Crippen molar-refractivity contribution in [2.45, 2.75) is 45.1 Å². The quantitative estimate of drug-likeness (QED) is 0.740. The number of piperidine rings is 1. The van der Waals surface area contributed by atoms with E-state index < -0.39 is 0 Å². The van der Waals surface area contributed by atoms with Crippen molar-refractivity contribution >= 4 is 12.0 Å². The van der Waals surface area contributed by atoms with E-state index in [1.807, 2.05) is 13.0 Å². The van der Waals surface area contributed by atoms with Gasteiger partial charge in [0.2, 0.25) is 0 Å². The minimum atomic E-state index is 0.750. The second kappa shape index (κ2) is 4.75. The summed E-state index contributed by atoms with van der Waals surface area (Å²) in [5.41, 5.74) is 3.23. The van der Waals surface area contributed by atoms with Crippen molar-refractivity contribution in [3.63, 3.8) is 0 Å². The molecule has 0 amide bonds. The summed E-state index contributed by atoms with van der Waals surface area (Å²) in [6.07, 6.45) is 7.82. The molecule has 2 heteroatoms. The number of carbonyl (C=O) groups is 1. The third-order valence-corrected chi connectivity index (χ3v) is 4.71. The maximum absolute atomic E-state index is 10.9. The SMILES string of the molecule is Cc1cc(N2CCCC3CCCC32)ccc1C=O. The molecule has 1 aliphatic heterocycles. The summed E-state index contributed by atoms with van der Waals surface area (Å²) in [6, 6.07) is 7.03. The van der Waals surface area contributed by atoms with Gasteiger partial charge in [-0.15, -0.1) is 0 Å². The lowest BCUT2D eigenvalue weighted by molar-refractivity contribution is 0.112. The van der Waals surface area contributed by atoms with E-state index in [1.165, 1.54) is 44.3 Å². The molecule has 0 radical (unpaired) electrons. The Bertz CT molecular complexity index is 454. The average molecular weight is 243 g/mol. The van der Waals surface area contributed by atoms with Crippen LogP contribution in [0.25, 0.3) is 0 Å². The van der Waals surface area contributed by atoms with Crippen LogP contribution in [0.2, 0.25) is 0 Å². The van der Waals surface area contributed by atoms with Crippen molar-refractivity contribution < 1.29 is 4.79 Å². The van der Waals surface area contributed by atoms with Crippen LogP contribution in [0.3, 0.4) is 0 Å². The minimum Gasteiger partial charge on any atom is -0.368 e. The molecule has 1 aliphatic carbocycles. The summed E-state index contributed by atoms with van der Waals surface area (Å²) in [7, 11) is 0. The topological polar surface area (TPSA) is 20.3 Å². The highest BCUT2D eigenvalue weighted by Gasteiger charge is 2.34. The van der Waals surface area contributed by atoms with Crippen LogP contribution >= 0.6 is 0 Å². The predicted molar refractivity (Wildman–Crippen MR) is 74.3 cm³/mol. The van der Waals surface area contributed by atoms with Gasteiger partial charge in [0.1, 0.15) is 6.29 Å². The smallest absolute Gasteiger partial charge is 0.150 e. The van der Waals surface area contributed by atoms with Crippen molar-refractivity contribution in [1.82, 2.24) is 0 Å². The highest BCUT2D eigenvalue weighted by molar-refractivity contribution is 5.78. The molecule has 1 aromatic rings. The van der Waals surface area contributed by atoms with E-state index in [-0.39, 0.29) is 0 Å². The summed E-state index contributed by atoms with van der Waals surface area (Å²) in [5.74, 6) is 0.907. The fraction of sp³-hybridized carbons (Fsp3) is 0.562. The zero-order valence-corrected chi connectivity index (χ0v) is 11.1. The second-order valence-corrected chi connectivity index (χ2v) is 5.75. The van der Waals surface area contributed by atoms with Crippen LogP contribution in [0.1, 0.15) is 48.0 Å². The van der Waals surface area contributed by atoms with Crippen molar-refractivity contribution in [3.8, 4) is 0 Å². The van der Waals surface area contributed by atoms with Gasteiger partial charge >= 0.3 is 0 Å². The molecule has 2 nitrogen and oxygen atoms in total. The molecule has 2 unspecified atom stereocenters.